The van der Waals surface area contributed by atoms with Crippen LogP contribution in [-0.2, 0) is 11.3 Å². The zero-order valence-electron chi connectivity index (χ0n) is 6.78. The summed E-state index contributed by atoms with van der Waals surface area (Å²) in [4.78, 5) is 0. The highest BCUT2D eigenvalue weighted by Crippen LogP contribution is 2.03. The van der Waals surface area contributed by atoms with Gasteiger partial charge in [0.2, 0.25) is 5.88 Å². The Morgan fingerprint density at radius 1 is 1.55 bits per heavy atom. The Morgan fingerprint density at radius 2 is 2.36 bits per heavy atom. The number of rotatable bonds is 4. The highest BCUT2D eigenvalue weighted by atomic mass is 16.5. The van der Waals surface area contributed by atoms with Crippen LogP contribution in [0, 0.1) is 0 Å². The number of aromatic nitrogens is 2. The number of ether oxygens (including phenoxy) is 2. The number of nitrogens with zero attached hydrogens (tertiary/aromatic N) is 2. The summed E-state index contributed by atoms with van der Waals surface area (Å²) < 4.78 is 11.6. The van der Waals surface area contributed by atoms with Crippen molar-refractivity contribution in [1.29, 1.82) is 0 Å². The lowest BCUT2D eigenvalue weighted by Gasteiger charge is -1.98. The maximum absolute atomic E-state index is 4.90. The molecular weight excluding hydrogens is 144 g/mol. The van der Waals surface area contributed by atoms with E-state index in [0.717, 1.165) is 6.54 Å². The van der Waals surface area contributed by atoms with Gasteiger partial charge in [0.25, 0.3) is 0 Å². The van der Waals surface area contributed by atoms with Crippen molar-refractivity contribution >= 4 is 0 Å². The Balaban J connectivity index is 2.44. The second-order valence-corrected chi connectivity index (χ2v) is 2.11. The second kappa shape index (κ2) is 3.98. The molecule has 1 rings (SSSR count). The zero-order valence-corrected chi connectivity index (χ0v) is 6.78. The second-order valence-electron chi connectivity index (χ2n) is 2.11. The van der Waals surface area contributed by atoms with Crippen LogP contribution in [0.25, 0.3) is 0 Å². The van der Waals surface area contributed by atoms with E-state index in [0.29, 0.717) is 12.5 Å². The molecule has 4 heteroatoms. The quantitative estimate of drug-likeness (QED) is 0.638. The minimum Gasteiger partial charge on any atom is -0.480 e. The van der Waals surface area contributed by atoms with Gasteiger partial charge in [-0.1, -0.05) is 0 Å². The molecule has 62 valence electrons. The average Bonchev–Trinajstić information content (AvgIpc) is 2.48. The molecule has 0 aromatic carbocycles. The first-order chi connectivity index (χ1) is 5.36. The van der Waals surface area contributed by atoms with E-state index in [1.807, 2.05) is 12.3 Å². The molecule has 0 spiro atoms. The minimum atomic E-state index is 0.640. The van der Waals surface area contributed by atoms with E-state index in [-0.39, 0.29) is 0 Å². The van der Waals surface area contributed by atoms with Crippen LogP contribution in [0.15, 0.2) is 12.3 Å². The molecule has 0 fully saturated rings. The summed E-state index contributed by atoms with van der Waals surface area (Å²) in [7, 11) is 3.27. The molecule has 0 aliphatic heterocycles. The summed E-state index contributed by atoms with van der Waals surface area (Å²) in [6, 6.07) is 1.82. The zero-order chi connectivity index (χ0) is 8.10. The van der Waals surface area contributed by atoms with Gasteiger partial charge in [0.05, 0.1) is 20.3 Å². The van der Waals surface area contributed by atoms with Crippen molar-refractivity contribution < 1.29 is 9.47 Å². The van der Waals surface area contributed by atoms with Gasteiger partial charge in [-0.05, 0) is 0 Å². The van der Waals surface area contributed by atoms with Crippen LogP contribution in [0.4, 0.5) is 0 Å². The summed E-state index contributed by atoms with van der Waals surface area (Å²) in [6.07, 6.45) is 1.86. The lowest BCUT2D eigenvalue weighted by Crippen LogP contribution is -2.04. The molecular formula is C7H12N2O2. The third-order valence-corrected chi connectivity index (χ3v) is 1.35. The van der Waals surface area contributed by atoms with Gasteiger partial charge >= 0.3 is 0 Å². The topological polar surface area (TPSA) is 36.3 Å². The fourth-order valence-electron chi connectivity index (χ4n) is 0.761. The predicted octanol–water partition coefficient (Wildman–Crippen LogP) is 0.538. The molecule has 0 N–H and O–H groups in total. The van der Waals surface area contributed by atoms with Crippen molar-refractivity contribution in [3.63, 3.8) is 0 Å². The van der Waals surface area contributed by atoms with E-state index < -0.39 is 0 Å². The first kappa shape index (κ1) is 8.07. The molecule has 11 heavy (non-hydrogen) atoms. The van der Waals surface area contributed by atoms with Crippen molar-refractivity contribution in [1.82, 2.24) is 9.78 Å². The van der Waals surface area contributed by atoms with E-state index in [1.54, 1.807) is 18.9 Å². The molecule has 0 aliphatic rings. The number of hydrogen-bond acceptors (Lipinski definition) is 3. The van der Waals surface area contributed by atoms with Crippen LogP contribution in [0.1, 0.15) is 0 Å². The fraction of sp³-hybridized carbons (Fsp3) is 0.571. The maximum atomic E-state index is 4.90. The van der Waals surface area contributed by atoms with Gasteiger partial charge in [0, 0.05) is 19.4 Å². The molecule has 1 aromatic rings. The van der Waals surface area contributed by atoms with Crippen molar-refractivity contribution in [2.45, 2.75) is 6.54 Å². The summed E-state index contributed by atoms with van der Waals surface area (Å²) in [5.74, 6) is 0.640. The molecule has 0 unspecified atom stereocenters. The molecule has 0 aliphatic carbocycles. The van der Waals surface area contributed by atoms with Crippen molar-refractivity contribution in [3.05, 3.63) is 12.3 Å². The van der Waals surface area contributed by atoms with Gasteiger partial charge in [0.15, 0.2) is 0 Å². The Bertz CT molecular complexity index is 210. The Morgan fingerprint density at radius 3 is 2.91 bits per heavy atom. The Labute approximate surface area is 65.7 Å². The summed E-state index contributed by atoms with van der Waals surface area (Å²) in [5.41, 5.74) is 0. The Hall–Kier alpha value is -1.03. The van der Waals surface area contributed by atoms with Crippen molar-refractivity contribution in [2.75, 3.05) is 20.8 Å². The molecule has 4 nitrogen and oxygen atoms in total. The van der Waals surface area contributed by atoms with Crippen molar-refractivity contribution in [2.24, 2.45) is 0 Å². The smallest absolute Gasteiger partial charge is 0.232 e. The Kier molecular flexibility index (Phi) is 2.92. The normalized spacial score (nSPS) is 10.0. The lowest BCUT2D eigenvalue weighted by atomic mass is 10.6. The first-order valence-electron chi connectivity index (χ1n) is 3.43. The maximum Gasteiger partial charge on any atom is 0.232 e. The monoisotopic (exact) mass is 156 g/mol. The van der Waals surface area contributed by atoms with Crippen LogP contribution in [-0.4, -0.2) is 30.6 Å². The fourth-order valence-corrected chi connectivity index (χ4v) is 0.761. The SMILES string of the molecule is COCCn1ccc(OC)n1. The molecule has 0 saturated carbocycles. The van der Waals surface area contributed by atoms with Gasteiger partial charge < -0.3 is 9.47 Å². The highest BCUT2D eigenvalue weighted by molar-refractivity contribution is 5.04. The minimum absolute atomic E-state index is 0.640. The summed E-state index contributed by atoms with van der Waals surface area (Å²) in [6.45, 7) is 1.44. The van der Waals surface area contributed by atoms with E-state index in [1.165, 1.54) is 0 Å². The molecule has 1 aromatic heterocycles. The molecule has 0 atom stereocenters. The van der Waals surface area contributed by atoms with E-state index in [2.05, 4.69) is 5.10 Å². The van der Waals surface area contributed by atoms with Crippen LogP contribution in [0.2, 0.25) is 0 Å². The number of methoxy groups -OCH3 is 2. The first-order valence-corrected chi connectivity index (χ1v) is 3.43. The van der Waals surface area contributed by atoms with Gasteiger partial charge in [0.1, 0.15) is 0 Å². The molecule has 0 amide bonds. The highest BCUT2D eigenvalue weighted by Gasteiger charge is 1.95. The third kappa shape index (κ3) is 2.23. The van der Waals surface area contributed by atoms with Crippen LogP contribution >= 0.6 is 0 Å². The van der Waals surface area contributed by atoms with Gasteiger partial charge in [-0.2, -0.15) is 0 Å². The van der Waals surface area contributed by atoms with Gasteiger partial charge in [-0.25, -0.2) is 0 Å². The molecule has 0 saturated heterocycles. The predicted molar refractivity (Wildman–Crippen MR) is 40.7 cm³/mol. The van der Waals surface area contributed by atoms with Crippen molar-refractivity contribution in [3.8, 4) is 5.88 Å². The summed E-state index contributed by atoms with van der Waals surface area (Å²) in [5, 5.41) is 4.08. The molecule has 0 bridgehead atoms. The van der Waals surface area contributed by atoms with Crippen LogP contribution in [0.5, 0.6) is 5.88 Å². The number of hydrogen-bond donors (Lipinski definition) is 0. The summed E-state index contributed by atoms with van der Waals surface area (Å²) >= 11 is 0. The van der Waals surface area contributed by atoms with E-state index >= 15 is 0 Å². The van der Waals surface area contributed by atoms with E-state index in [9.17, 15) is 0 Å². The standard InChI is InChI=1S/C7H12N2O2/c1-10-6-5-9-4-3-7(8-9)11-2/h3-4H,5-6H2,1-2H3. The van der Waals surface area contributed by atoms with Gasteiger partial charge in [-0.3, -0.25) is 4.68 Å². The largest absolute Gasteiger partial charge is 0.480 e. The molecule has 0 radical (unpaired) electrons. The molecule has 1 heterocycles. The average molecular weight is 156 g/mol. The lowest BCUT2D eigenvalue weighted by molar-refractivity contribution is 0.183. The third-order valence-electron chi connectivity index (χ3n) is 1.35. The van der Waals surface area contributed by atoms with Crippen LogP contribution in [0.3, 0.4) is 0 Å². The van der Waals surface area contributed by atoms with E-state index in [4.69, 9.17) is 9.47 Å². The van der Waals surface area contributed by atoms with Gasteiger partial charge in [-0.15, -0.1) is 5.10 Å². The van der Waals surface area contributed by atoms with Crippen LogP contribution < -0.4 is 4.74 Å².